The molecule has 0 aliphatic heterocycles. The lowest BCUT2D eigenvalue weighted by Gasteiger charge is -2.32. The molecule has 1 aromatic carbocycles. The fraction of sp³-hybridized carbons (Fsp3) is 0.625. The largest absolute Gasteiger partial charge is 0.396 e. The van der Waals surface area contributed by atoms with E-state index in [1.165, 1.54) is 11.3 Å². The number of halogens is 1. The standard InChI is InChI=1S/C16H27BrN2O/c1-5-18-13(4)15-11-14(17)7-8-16(15)19(12(2)3)9-6-10-20/h7-8,11-13,18,20H,5-6,9-10H2,1-4H3. The van der Waals surface area contributed by atoms with Crippen LogP contribution in [-0.2, 0) is 0 Å². The van der Waals surface area contributed by atoms with Crippen molar-refractivity contribution in [2.24, 2.45) is 0 Å². The molecule has 0 aliphatic rings. The monoisotopic (exact) mass is 342 g/mol. The summed E-state index contributed by atoms with van der Waals surface area (Å²) >= 11 is 3.57. The van der Waals surface area contributed by atoms with Crippen LogP contribution in [0.5, 0.6) is 0 Å². The lowest BCUT2D eigenvalue weighted by atomic mass is 10.0. The molecule has 0 radical (unpaired) electrons. The van der Waals surface area contributed by atoms with E-state index in [0.717, 1.165) is 24.0 Å². The summed E-state index contributed by atoms with van der Waals surface area (Å²) in [6.45, 7) is 10.8. The van der Waals surface area contributed by atoms with E-state index in [4.69, 9.17) is 5.11 Å². The van der Waals surface area contributed by atoms with Gasteiger partial charge in [-0.3, -0.25) is 0 Å². The average Bonchev–Trinajstić information content (AvgIpc) is 2.40. The van der Waals surface area contributed by atoms with Gasteiger partial charge in [-0.2, -0.15) is 0 Å². The normalized spacial score (nSPS) is 12.8. The molecule has 4 heteroatoms. The summed E-state index contributed by atoms with van der Waals surface area (Å²) in [5, 5.41) is 12.6. The summed E-state index contributed by atoms with van der Waals surface area (Å²) in [4.78, 5) is 2.37. The summed E-state index contributed by atoms with van der Waals surface area (Å²) in [5.41, 5.74) is 2.55. The minimum atomic E-state index is 0.234. The Balaban J connectivity index is 3.12. The topological polar surface area (TPSA) is 35.5 Å². The number of aliphatic hydroxyl groups is 1. The van der Waals surface area contributed by atoms with Gasteiger partial charge in [0, 0.05) is 35.4 Å². The third-order valence-corrected chi connectivity index (χ3v) is 3.95. The second kappa shape index (κ2) is 8.65. The highest BCUT2D eigenvalue weighted by molar-refractivity contribution is 9.10. The molecule has 0 fully saturated rings. The number of nitrogens with one attached hydrogen (secondary N) is 1. The fourth-order valence-corrected chi connectivity index (χ4v) is 2.83. The molecule has 114 valence electrons. The molecule has 0 heterocycles. The molecule has 3 nitrogen and oxygen atoms in total. The van der Waals surface area contributed by atoms with Crippen molar-refractivity contribution in [3.8, 4) is 0 Å². The molecule has 0 saturated carbocycles. The number of anilines is 1. The molecule has 1 aromatic rings. The van der Waals surface area contributed by atoms with Crippen molar-refractivity contribution in [3.63, 3.8) is 0 Å². The Labute approximate surface area is 131 Å². The number of rotatable bonds is 8. The molecule has 1 rings (SSSR count). The zero-order chi connectivity index (χ0) is 15.1. The zero-order valence-corrected chi connectivity index (χ0v) is 14.6. The maximum atomic E-state index is 9.10. The Morgan fingerprint density at radius 1 is 1.30 bits per heavy atom. The highest BCUT2D eigenvalue weighted by atomic mass is 79.9. The van der Waals surface area contributed by atoms with Gasteiger partial charge in [0.25, 0.3) is 0 Å². The van der Waals surface area contributed by atoms with Gasteiger partial charge < -0.3 is 15.3 Å². The Morgan fingerprint density at radius 2 is 2.00 bits per heavy atom. The number of aliphatic hydroxyl groups excluding tert-OH is 1. The van der Waals surface area contributed by atoms with Crippen LogP contribution in [0.25, 0.3) is 0 Å². The van der Waals surface area contributed by atoms with Crippen molar-refractivity contribution in [3.05, 3.63) is 28.2 Å². The van der Waals surface area contributed by atoms with Gasteiger partial charge in [-0.25, -0.2) is 0 Å². The molecule has 0 bridgehead atoms. The average molecular weight is 343 g/mol. The fourth-order valence-electron chi connectivity index (χ4n) is 2.45. The van der Waals surface area contributed by atoms with Crippen LogP contribution in [0.1, 0.15) is 45.7 Å². The first-order chi connectivity index (χ1) is 9.51. The minimum absolute atomic E-state index is 0.234. The summed E-state index contributed by atoms with van der Waals surface area (Å²) in [7, 11) is 0. The third kappa shape index (κ3) is 4.76. The molecule has 0 amide bonds. The van der Waals surface area contributed by atoms with Crippen molar-refractivity contribution in [1.29, 1.82) is 0 Å². The summed E-state index contributed by atoms with van der Waals surface area (Å²) in [6.07, 6.45) is 0.795. The number of hydrogen-bond donors (Lipinski definition) is 2. The summed E-state index contributed by atoms with van der Waals surface area (Å²) < 4.78 is 1.10. The Hall–Kier alpha value is -0.580. The van der Waals surface area contributed by atoms with Crippen molar-refractivity contribution in [2.75, 3.05) is 24.6 Å². The van der Waals surface area contributed by atoms with E-state index in [0.29, 0.717) is 12.1 Å². The van der Waals surface area contributed by atoms with Gasteiger partial charge in [0.2, 0.25) is 0 Å². The Kier molecular flexibility index (Phi) is 7.56. The van der Waals surface area contributed by atoms with E-state index in [1.807, 2.05) is 0 Å². The van der Waals surface area contributed by atoms with Gasteiger partial charge in [0.05, 0.1) is 0 Å². The summed E-state index contributed by atoms with van der Waals surface area (Å²) in [6, 6.07) is 7.17. The number of hydrogen-bond acceptors (Lipinski definition) is 3. The molecule has 1 atom stereocenters. The SMILES string of the molecule is CCNC(C)c1cc(Br)ccc1N(CCCO)C(C)C. The molecule has 1 unspecified atom stereocenters. The van der Waals surface area contributed by atoms with E-state index in [2.05, 4.69) is 72.0 Å². The second-order valence-corrected chi connectivity index (χ2v) is 6.26. The third-order valence-electron chi connectivity index (χ3n) is 3.46. The van der Waals surface area contributed by atoms with Gasteiger partial charge in [-0.1, -0.05) is 22.9 Å². The van der Waals surface area contributed by atoms with Crippen LogP contribution in [-0.4, -0.2) is 30.8 Å². The van der Waals surface area contributed by atoms with Gasteiger partial charge in [-0.05, 0) is 57.5 Å². The Morgan fingerprint density at radius 3 is 2.55 bits per heavy atom. The van der Waals surface area contributed by atoms with E-state index in [9.17, 15) is 0 Å². The van der Waals surface area contributed by atoms with Gasteiger partial charge in [-0.15, -0.1) is 0 Å². The van der Waals surface area contributed by atoms with Crippen LogP contribution in [0, 0.1) is 0 Å². The molecular weight excluding hydrogens is 316 g/mol. The van der Waals surface area contributed by atoms with Crippen molar-refractivity contribution in [2.45, 2.75) is 46.2 Å². The molecule has 0 saturated heterocycles. The van der Waals surface area contributed by atoms with E-state index in [1.54, 1.807) is 0 Å². The van der Waals surface area contributed by atoms with Crippen molar-refractivity contribution < 1.29 is 5.11 Å². The smallest absolute Gasteiger partial charge is 0.0447 e. The molecular formula is C16H27BrN2O. The van der Waals surface area contributed by atoms with E-state index < -0.39 is 0 Å². The predicted octanol–water partition coefficient (Wildman–Crippen LogP) is 3.72. The van der Waals surface area contributed by atoms with Crippen LogP contribution in [0.4, 0.5) is 5.69 Å². The number of benzene rings is 1. The molecule has 0 aliphatic carbocycles. The first-order valence-corrected chi connectivity index (χ1v) is 8.20. The van der Waals surface area contributed by atoms with E-state index >= 15 is 0 Å². The minimum Gasteiger partial charge on any atom is -0.396 e. The Bertz CT molecular complexity index is 409. The van der Waals surface area contributed by atoms with Crippen molar-refractivity contribution >= 4 is 21.6 Å². The first-order valence-electron chi connectivity index (χ1n) is 7.41. The van der Waals surface area contributed by atoms with Crippen LogP contribution < -0.4 is 10.2 Å². The zero-order valence-electron chi connectivity index (χ0n) is 13.0. The molecule has 0 aromatic heterocycles. The first kappa shape index (κ1) is 17.5. The van der Waals surface area contributed by atoms with E-state index in [-0.39, 0.29) is 6.61 Å². The quantitative estimate of drug-likeness (QED) is 0.755. The van der Waals surface area contributed by atoms with Crippen LogP contribution >= 0.6 is 15.9 Å². The highest BCUT2D eigenvalue weighted by Gasteiger charge is 2.17. The molecule has 2 N–H and O–H groups in total. The second-order valence-electron chi connectivity index (χ2n) is 5.35. The van der Waals surface area contributed by atoms with Crippen molar-refractivity contribution in [1.82, 2.24) is 5.32 Å². The van der Waals surface area contributed by atoms with Gasteiger partial charge in [0.1, 0.15) is 0 Å². The predicted molar refractivity (Wildman–Crippen MR) is 90.4 cm³/mol. The van der Waals surface area contributed by atoms with Crippen LogP contribution in [0.3, 0.4) is 0 Å². The number of nitrogens with zero attached hydrogens (tertiary/aromatic N) is 1. The van der Waals surface area contributed by atoms with Crippen LogP contribution in [0.15, 0.2) is 22.7 Å². The maximum Gasteiger partial charge on any atom is 0.0447 e. The molecule has 0 spiro atoms. The van der Waals surface area contributed by atoms with Crippen LogP contribution in [0.2, 0.25) is 0 Å². The highest BCUT2D eigenvalue weighted by Crippen LogP contribution is 2.31. The molecule has 20 heavy (non-hydrogen) atoms. The maximum absolute atomic E-state index is 9.10. The van der Waals surface area contributed by atoms with Gasteiger partial charge >= 0.3 is 0 Å². The lowest BCUT2D eigenvalue weighted by molar-refractivity contribution is 0.288. The summed E-state index contributed by atoms with van der Waals surface area (Å²) in [5.74, 6) is 0. The van der Waals surface area contributed by atoms with Gasteiger partial charge in [0.15, 0.2) is 0 Å². The lowest BCUT2D eigenvalue weighted by Crippen LogP contribution is -2.34.